The molecule has 0 bridgehead atoms. The zero-order chi connectivity index (χ0) is 11.5. The molecule has 0 radical (unpaired) electrons. The molecule has 1 aliphatic rings. The summed E-state index contributed by atoms with van der Waals surface area (Å²) in [5, 5.41) is 8.94. The van der Waals surface area contributed by atoms with Crippen molar-refractivity contribution in [3.63, 3.8) is 0 Å². The first kappa shape index (κ1) is 11.9. The number of hydrogen-bond donors (Lipinski definition) is 1. The minimum atomic E-state index is -0.309. The molecule has 1 fully saturated rings. The van der Waals surface area contributed by atoms with Crippen molar-refractivity contribution < 1.29 is 14.2 Å². The van der Waals surface area contributed by atoms with E-state index < -0.39 is 0 Å². The molecule has 0 aliphatic heterocycles. The average Bonchev–Trinajstić information content (AvgIpc) is 2.14. The Kier molecular flexibility index (Phi) is 3.82. The number of halogens is 2. The SMILES string of the molecule is OCCc1cc(F)cc(Br)c1OC1CCC1. The maximum absolute atomic E-state index is 13.2. The highest BCUT2D eigenvalue weighted by Gasteiger charge is 2.22. The van der Waals surface area contributed by atoms with Gasteiger partial charge in [0.1, 0.15) is 11.6 Å². The summed E-state index contributed by atoms with van der Waals surface area (Å²) < 4.78 is 19.6. The maximum atomic E-state index is 13.2. The third-order valence-electron chi connectivity index (χ3n) is 2.80. The molecule has 4 heteroatoms. The summed E-state index contributed by atoms with van der Waals surface area (Å²) in [5.74, 6) is 0.372. The molecule has 1 aliphatic carbocycles. The summed E-state index contributed by atoms with van der Waals surface area (Å²) in [7, 11) is 0. The van der Waals surface area contributed by atoms with Crippen molar-refractivity contribution in [1.29, 1.82) is 0 Å². The zero-order valence-electron chi connectivity index (χ0n) is 8.88. The number of ether oxygens (including phenoxy) is 1. The summed E-state index contributed by atoms with van der Waals surface area (Å²) >= 11 is 3.30. The summed E-state index contributed by atoms with van der Waals surface area (Å²) in [6.45, 7) is -0.00306. The van der Waals surface area contributed by atoms with Crippen molar-refractivity contribution in [2.45, 2.75) is 31.8 Å². The van der Waals surface area contributed by atoms with Crippen LogP contribution in [0.15, 0.2) is 16.6 Å². The van der Waals surface area contributed by atoms with Gasteiger partial charge in [0.15, 0.2) is 0 Å². The molecule has 1 N–H and O–H groups in total. The van der Waals surface area contributed by atoms with E-state index in [9.17, 15) is 4.39 Å². The summed E-state index contributed by atoms with van der Waals surface area (Å²) in [5.41, 5.74) is 0.723. The summed E-state index contributed by atoms with van der Waals surface area (Å²) in [6, 6.07) is 2.82. The highest BCUT2D eigenvalue weighted by molar-refractivity contribution is 9.10. The maximum Gasteiger partial charge on any atom is 0.137 e. The molecule has 0 aromatic heterocycles. The molecular formula is C12H14BrFO2. The third-order valence-corrected chi connectivity index (χ3v) is 3.39. The molecular weight excluding hydrogens is 275 g/mol. The van der Waals surface area contributed by atoms with E-state index >= 15 is 0 Å². The molecule has 88 valence electrons. The van der Waals surface area contributed by atoms with Gasteiger partial charge in [-0.15, -0.1) is 0 Å². The molecule has 0 saturated heterocycles. The van der Waals surface area contributed by atoms with Crippen LogP contribution in [-0.2, 0) is 6.42 Å². The smallest absolute Gasteiger partial charge is 0.137 e. The lowest BCUT2D eigenvalue weighted by Gasteiger charge is -2.28. The van der Waals surface area contributed by atoms with Crippen molar-refractivity contribution in [1.82, 2.24) is 0 Å². The fraction of sp³-hybridized carbons (Fsp3) is 0.500. The van der Waals surface area contributed by atoms with Crippen LogP contribution in [0, 0.1) is 5.82 Å². The first-order chi connectivity index (χ1) is 7.70. The van der Waals surface area contributed by atoms with Crippen molar-refractivity contribution in [3.8, 4) is 5.75 Å². The Morgan fingerprint density at radius 2 is 2.19 bits per heavy atom. The standard InChI is InChI=1S/C12H14BrFO2/c13-11-7-9(14)6-8(4-5-15)12(11)16-10-2-1-3-10/h6-7,10,15H,1-5H2. The summed E-state index contributed by atoms with van der Waals surface area (Å²) in [6.07, 6.45) is 3.97. The lowest BCUT2D eigenvalue weighted by Crippen LogP contribution is -2.25. The molecule has 0 unspecified atom stereocenters. The van der Waals surface area contributed by atoms with Crippen LogP contribution in [0.1, 0.15) is 24.8 Å². The van der Waals surface area contributed by atoms with Crippen LogP contribution in [-0.4, -0.2) is 17.8 Å². The van der Waals surface area contributed by atoms with Gasteiger partial charge in [0.2, 0.25) is 0 Å². The second-order valence-corrected chi connectivity index (χ2v) is 4.87. The lowest BCUT2D eigenvalue weighted by atomic mass is 9.96. The van der Waals surface area contributed by atoms with Crippen LogP contribution in [0.3, 0.4) is 0 Å². The Balaban J connectivity index is 2.24. The second kappa shape index (κ2) is 5.15. The Labute approximate surface area is 103 Å². The van der Waals surface area contributed by atoms with Crippen LogP contribution >= 0.6 is 15.9 Å². The van der Waals surface area contributed by atoms with Crippen LogP contribution in [0.25, 0.3) is 0 Å². The van der Waals surface area contributed by atoms with Gasteiger partial charge < -0.3 is 9.84 Å². The minimum absolute atomic E-state index is 0.00306. The van der Waals surface area contributed by atoms with E-state index in [0.717, 1.165) is 18.4 Å². The number of rotatable bonds is 4. The molecule has 1 aromatic carbocycles. The van der Waals surface area contributed by atoms with E-state index in [2.05, 4.69) is 15.9 Å². The number of aliphatic hydroxyl groups is 1. The molecule has 0 amide bonds. The van der Waals surface area contributed by atoms with Gasteiger partial charge in [0, 0.05) is 12.2 Å². The topological polar surface area (TPSA) is 29.5 Å². The molecule has 2 rings (SSSR count). The van der Waals surface area contributed by atoms with Crippen molar-refractivity contribution in [3.05, 3.63) is 28.0 Å². The average molecular weight is 289 g/mol. The van der Waals surface area contributed by atoms with E-state index in [0.29, 0.717) is 16.6 Å². The lowest BCUT2D eigenvalue weighted by molar-refractivity contribution is 0.117. The fourth-order valence-corrected chi connectivity index (χ4v) is 2.27. The number of hydrogen-bond acceptors (Lipinski definition) is 2. The van der Waals surface area contributed by atoms with Gasteiger partial charge >= 0.3 is 0 Å². The molecule has 2 nitrogen and oxygen atoms in total. The largest absolute Gasteiger partial charge is 0.489 e. The summed E-state index contributed by atoms with van der Waals surface area (Å²) in [4.78, 5) is 0. The van der Waals surface area contributed by atoms with Crippen LogP contribution < -0.4 is 4.74 Å². The Morgan fingerprint density at radius 1 is 1.44 bits per heavy atom. The van der Waals surface area contributed by atoms with Crippen LogP contribution in [0.4, 0.5) is 4.39 Å². The molecule has 16 heavy (non-hydrogen) atoms. The Hall–Kier alpha value is -0.610. The monoisotopic (exact) mass is 288 g/mol. The quantitative estimate of drug-likeness (QED) is 0.923. The predicted octanol–water partition coefficient (Wildman–Crippen LogP) is 3.05. The normalized spacial score (nSPS) is 15.9. The van der Waals surface area contributed by atoms with Crippen molar-refractivity contribution in [2.75, 3.05) is 6.61 Å². The molecule has 0 heterocycles. The minimum Gasteiger partial charge on any atom is -0.489 e. The Morgan fingerprint density at radius 3 is 2.75 bits per heavy atom. The van der Waals surface area contributed by atoms with Gasteiger partial charge in [-0.25, -0.2) is 4.39 Å². The van der Waals surface area contributed by atoms with E-state index in [-0.39, 0.29) is 18.5 Å². The van der Waals surface area contributed by atoms with E-state index in [1.165, 1.54) is 18.6 Å². The first-order valence-electron chi connectivity index (χ1n) is 5.46. The highest BCUT2D eigenvalue weighted by Crippen LogP contribution is 2.34. The molecule has 1 saturated carbocycles. The van der Waals surface area contributed by atoms with Crippen molar-refractivity contribution in [2.24, 2.45) is 0 Å². The second-order valence-electron chi connectivity index (χ2n) is 4.02. The van der Waals surface area contributed by atoms with Crippen LogP contribution in [0.2, 0.25) is 0 Å². The van der Waals surface area contributed by atoms with Gasteiger partial charge in [0.05, 0.1) is 10.6 Å². The number of aliphatic hydroxyl groups excluding tert-OH is 1. The third kappa shape index (κ3) is 2.55. The highest BCUT2D eigenvalue weighted by atomic mass is 79.9. The fourth-order valence-electron chi connectivity index (χ4n) is 1.71. The predicted molar refractivity (Wildman–Crippen MR) is 63.2 cm³/mol. The van der Waals surface area contributed by atoms with Gasteiger partial charge in [-0.2, -0.15) is 0 Å². The van der Waals surface area contributed by atoms with Gasteiger partial charge in [-0.3, -0.25) is 0 Å². The zero-order valence-corrected chi connectivity index (χ0v) is 10.5. The molecule has 0 atom stereocenters. The van der Waals surface area contributed by atoms with Crippen molar-refractivity contribution >= 4 is 15.9 Å². The van der Waals surface area contributed by atoms with E-state index in [1.54, 1.807) is 0 Å². The van der Waals surface area contributed by atoms with Gasteiger partial charge in [-0.05, 0) is 53.7 Å². The number of benzene rings is 1. The van der Waals surface area contributed by atoms with E-state index in [4.69, 9.17) is 9.84 Å². The molecule has 0 spiro atoms. The van der Waals surface area contributed by atoms with E-state index in [1.807, 2.05) is 0 Å². The Bertz CT molecular complexity index is 378. The molecule has 1 aromatic rings. The van der Waals surface area contributed by atoms with Gasteiger partial charge in [-0.1, -0.05) is 0 Å². The van der Waals surface area contributed by atoms with Crippen LogP contribution in [0.5, 0.6) is 5.75 Å². The van der Waals surface area contributed by atoms with Gasteiger partial charge in [0.25, 0.3) is 0 Å². The first-order valence-corrected chi connectivity index (χ1v) is 6.25.